The van der Waals surface area contributed by atoms with Gasteiger partial charge in [0.15, 0.2) is 0 Å². The molecule has 0 aliphatic heterocycles. The van der Waals surface area contributed by atoms with Crippen LogP contribution in [-0.4, -0.2) is 34.4 Å². The second kappa shape index (κ2) is 9.36. The molecule has 0 radical (unpaired) electrons. The average Bonchev–Trinajstić information content (AvgIpc) is 2.30. The third-order valence-electron chi connectivity index (χ3n) is 3.40. The molecule has 104 valence electrons. The molecule has 0 amide bonds. The first-order valence-corrected chi connectivity index (χ1v) is 11.1. The van der Waals surface area contributed by atoms with Crippen molar-refractivity contribution in [2.24, 2.45) is 0 Å². The summed E-state index contributed by atoms with van der Waals surface area (Å²) in [5, 5.41) is 0. The summed E-state index contributed by atoms with van der Waals surface area (Å²) in [6.07, 6.45) is 7.20. The molecule has 0 saturated heterocycles. The Balaban J connectivity index is 4.99. The first kappa shape index (κ1) is 18.4. The second-order valence-electron chi connectivity index (χ2n) is 4.29. The van der Waals surface area contributed by atoms with Crippen LogP contribution in [0.4, 0.5) is 0 Å². The molecular formula is C13H28Cl2P2. The van der Waals surface area contributed by atoms with E-state index in [4.69, 9.17) is 23.2 Å². The first-order valence-electron chi connectivity index (χ1n) is 6.86. The molecule has 0 saturated carbocycles. The minimum absolute atomic E-state index is 0.00514. The highest BCUT2D eigenvalue weighted by atomic mass is 35.5. The van der Waals surface area contributed by atoms with Crippen LogP contribution in [0.25, 0.3) is 0 Å². The fourth-order valence-corrected chi connectivity index (χ4v) is 10.1. The van der Waals surface area contributed by atoms with Gasteiger partial charge >= 0.3 is 0 Å². The van der Waals surface area contributed by atoms with Crippen molar-refractivity contribution >= 4 is 39.0 Å². The molecule has 0 fully saturated rings. The van der Waals surface area contributed by atoms with Gasteiger partial charge in [-0.1, -0.05) is 72.2 Å². The van der Waals surface area contributed by atoms with E-state index in [9.17, 15) is 0 Å². The molecule has 0 N–H and O–H groups in total. The summed E-state index contributed by atoms with van der Waals surface area (Å²) in [6.45, 7) is 11.3. The Kier molecular flexibility index (Phi) is 10.2. The van der Waals surface area contributed by atoms with Gasteiger partial charge in [0.2, 0.25) is 0 Å². The van der Waals surface area contributed by atoms with Gasteiger partial charge in [0, 0.05) is 5.66 Å². The molecule has 4 heteroatoms. The zero-order chi connectivity index (χ0) is 13.5. The van der Waals surface area contributed by atoms with E-state index in [0.717, 1.165) is 12.3 Å². The quantitative estimate of drug-likeness (QED) is 0.344. The minimum Gasteiger partial charge on any atom is -0.101 e. The summed E-state index contributed by atoms with van der Waals surface area (Å²) in [7, 11) is -0.252. The second-order valence-corrected chi connectivity index (χ2v) is 12.3. The van der Waals surface area contributed by atoms with Gasteiger partial charge in [-0.15, -0.1) is 7.92 Å². The average molecular weight is 317 g/mol. The molecule has 0 aromatic rings. The molecule has 0 aromatic carbocycles. The van der Waals surface area contributed by atoms with Crippen LogP contribution in [0.3, 0.4) is 0 Å². The van der Waals surface area contributed by atoms with Gasteiger partial charge in [0.05, 0.1) is 0 Å². The number of hydrogen-bond acceptors (Lipinski definition) is 0. The lowest BCUT2D eigenvalue weighted by Crippen LogP contribution is -2.30. The van der Waals surface area contributed by atoms with Crippen molar-refractivity contribution in [2.45, 2.75) is 57.2 Å². The van der Waals surface area contributed by atoms with Crippen molar-refractivity contribution < 1.29 is 0 Å². The van der Waals surface area contributed by atoms with Gasteiger partial charge in [-0.05, 0) is 31.1 Å². The zero-order valence-electron chi connectivity index (χ0n) is 12.0. The maximum absolute atomic E-state index is 6.81. The van der Waals surface area contributed by atoms with Crippen LogP contribution in [0.2, 0.25) is 0 Å². The van der Waals surface area contributed by atoms with Crippen LogP contribution in [-0.2, 0) is 0 Å². The molecule has 0 rings (SSSR count). The lowest BCUT2D eigenvalue weighted by molar-refractivity contribution is 0.737. The SMILES string of the molecule is CCCC(P(CC)CC)C(Cl)(Cl)P(CC)CC. The molecule has 17 heavy (non-hydrogen) atoms. The fraction of sp³-hybridized carbons (Fsp3) is 1.00. The van der Waals surface area contributed by atoms with Crippen LogP contribution >= 0.6 is 39.0 Å². The van der Waals surface area contributed by atoms with E-state index in [1.54, 1.807) is 0 Å². The van der Waals surface area contributed by atoms with Crippen LogP contribution in [0, 0.1) is 0 Å². The number of rotatable bonds is 9. The summed E-state index contributed by atoms with van der Waals surface area (Å²) in [4.78, 5) is 0. The van der Waals surface area contributed by atoms with E-state index in [-0.39, 0.29) is 15.8 Å². The molecule has 0 aliphatic rings. The lowest BCUT2D eigenvalue weighted by Gasteiger charge is -2.40. The van der Waals surface area contributed by atoms with Gasteiger partial charge in [-0.3, -0.25) is 0 Å². The van der Waals surface area contributed by atoms with Crippen molar-refractivity contribution in [1.29, 1.82) is 0 Å². The van der Waals surface area contributed by atoms with E-state index in [1.165, 1.54) is 25.2 Å². The van der Waals surface area contributed by atoms with Crippen molar-refractivity contribution in [3.05, 3.63) is 0 Å². The van der Waals surface area contributed by atoms with E-state index < -0.39 is 4.07 Å². The Bertz CT molecular complexity index is 190. The zero-order valence-corrected chi connectivity index (χ0v) is 15.3. The molecule has 0 nitrogen and oxygen atoms in total. The largest absolute Gasteiger partial charge is 0.143 e. The molecule has 1 atom stereocenters. The van der Waals surface area contributed by atoms with Crippen LogP contribution < -0.4 is 0 Å². The van der Waals surface area contributed by atoms with Gasteiger partial charge in [0.1, 0.15) is 4.07 Å². The van der Waals surface area contributed by atoms with E-state index in [1.807, 2.05) is 0 Å². The third kappa shape index (κ3) is 5.14. The summed E-state index contributed by atoms with van der Waals surface area (Å²) in [6, 6.07) is 0. The smallest absolute Gasteiger partial charge is 0.101 e. The Hall–Kier alpha value is 1.44. The fourth-order valence-electron chi connectivity index (χ4n) is 2.37. The van der Waals surface area contributed by atoms with E-state index in [2.05, 4.69) is 34.6 Å². The van der Waals surface area contributed by atoms with Crippen LogP contribution in [0.5, 0.6) is 0 Å². The van der Waals surface area contributed by atoms with Gasteiger partial charge in [-0.25, -0.2) is 0 Å². The summed E-state index contributed by atoms with van der Waals surface area (Å²) < 4.78 is -0.452. The number of hydrogen-bond donors (Lipinski definition) is 0. The minimum atomic E-state index is -0.452. The first-order chi connectivity index (χ1) is 7.99. The topological polar surface area (TPSA) is 0 Å². The van der Waals surface area contributed by atoms with Crippen molar-refractivity contribution in [3.8, 4) is 0 Å². The Labute approximate surface area is 121 Å². The molecule has 0 spiro atoms. The van der Waals surface area contributed by atoms with E-state index >= 15 is 0 Å². The monoisotopic (exact) mass is 316 g/mol. The molecule has 0 bridgehead atoms. The van der Waals surface area contributed by atoms with Crippen molar-refractivity contribution in [2.75, 3.05) is 24.6 Å². The Morgan fingerprint density at radius 3 is 1.65 bits per heavy atom. The summed E-state index contributed by atoms with van der Waals surface area (Å²) >= 11 is 13.6. The maximum atomic E-state index is 6.81. The van der Waals surface area contributed by atoms with Crippen LogP contribution in [0.1, 0.15) is 47.5 Å². The molecule has 0 aliphatic carbocycles. The molecule has 0 heterocycles. The summed E-state index contributed by atoms with van der Waals surface area (Å²) in [5.74, 6) is 0. The van der Waals surface area contributed by atoms with Gasteiger partial charge < -0.3 is 0 Å². The van der Waals surface area contributed by atoms with Gasteiger partial charge in [0.25, 0.3) is 0 Å². The van der Waals surface area contributed by atoms with Crippen molar-refractivity contribution in [3.63, 3.8) is 0 Å². The third-order valence-corrected chi connectivity index (χ3v) is 11.7. The predicted molar refractivity (Wildman–Crippen MR) is 89.1 cm³/mol. The van der Waals surface area contributed by atoms with Crippen LogP contribution in [0.15, 0.2) is 0 Å². The Morgan fingerprint density at radius 2 is 1.35 bits per heavy atom. The number of alkyl halides is 2. The summed E-state index contributed by atoms with van der Waals surface area (Å²) in [5.41, 5.74) is 0.534. The molecule has 1 unspecified atom stereocenters. The standard InChI is InChI=1S/C13H28Cl2P2/c1-6-11-12(16(7-2)8-3)13(14,15)17(9-4)10-5/h12H,6-11H2,1-5H3. The highest BCUT2D eigenvalue weighted by molar-refractivity contribution is 7.66. The number of halogens is 2. The lowest BCUT2D eigenvalue weighted by atomic mass is 10.3. The van der Waals surface area contributed by atoms with Gasteiger partial charge in [-0.2, -0.15) is 0 Å². The highest BCUT2D eigenvalue weighted by Gasteiger charge is 2.42. The molecular weight excluding hydrogens is 289 g/mol. The normalized spacial score (nSPS) is 14.6. The van der Waals surface area contributed by atoms with E-state index in [0.29, 0.717) is 5.66 Å². The maximum Gasteiger partial charge on any atom is 0.143 e. The van der Waals surface area contributed by atoms with Crippen molar-refractivity contribution in [1.82, 2.24) is 0 Å². The predicted octanol–water partition coefficient (Wildman–Crippen LogP) is 6.33. The molecule has 0 aromatic heterocycles. The highest BCUT2D eigenvalue weighted by Crippen LogP contribution is 2.65. The Morgan fingerprint density at radius 1 is 0.882 bits per heavy atom.